The molecule has 1 N–H and O–H groups in total. The average Bonchev–Trinajstić information content (AvgIpc) is 2.26. The summed E-state index contributed by atoms with van der Waals surface area (Å²) in [4.78, 5) is 12.6. The van der Waals surface area contributed by atoms with E-state index in [1.807, 2.05) is 14.1 Å². The number of benzene rings is 1. The number of aryl methyl sites for hydroxylation is 1. The molecule has 88 valence electrons. The number of rotatable bonds is 5. The van der Waals surface area contributed by atoms with Crippen LogP contribution in [-0.2, 0) is 11.2 Å². The van der Waals surface area contributed by atoms with E-state index in [1.54, 1.807) is 16.8 Å². The van der Waals surface area contributed by atoms with Gasteiger partial charge in [0.05, 0.1) is 0 Å². The Morgan fingerprint density at radius 2 is 1.94 bits per heavy atom. The maximum absolute atomic E-state index is 11.4. The van der Waals surface area contributed by atoms with Crippen LogP contribution in [-0.4, -0.2) is 31.3 Å². The molecular formula is C12H18N2OS. The summed E-state index contributed by atoms with van der Waals surface area (Å²) in [6.07, 6.45) is 3.37. The van der Waals surface area contributed by atoms with Crippen LogP contribution < -0.4 is 5.43 Å². The van der Waals surface area contributed by atoms with Crippen LogP contribution in [0.5, 0.6) is 0 Å². The molecule has 1 amide bonds. The number of hydrogen-bond acceptors (Lipinski definition) is 3. The van der Waals surface area contributed by atoms with Crippen molar-refractivity contribution < 1.29 is 4.79 Å². The first-order valence-corrected chi connectivity index (χ1v) is 6.44. The SMILES string of the molecule is CSc1ccc(CCC(=O)NN(C)C)cc1. The minimum absolute atomic E-state index is 0.0546. The third-order valence-corrected chi connectivity index (χ3v) is 2.89. The second kappa shape index (κ2) is 6.55. The van der Waals surface area contributed by atoms with Crippen molar-refractivity contribution in [3.63, 3.8) is 0 Å². The minimum atomic E-state index is 0.0546. The maximum atomic E-state index is 11.4. The van der Waals surface area contributed by atoms with Gasteiger partial charge in [-0.1, -0.05) is 12.1 Å². The van der Waals surface area contributed by atoms with Crippen molar-refractivity contribution in [2.45, 2.75) is 17.7 Å². The molecule has 4 heteroatoms. The quantitative estimate of drug-likeness (QED) is 0.628. The standard InChI is InChI=1S/C12H18N2OS/c1-14(2)13-12(15)9-6-10-4-7-11(16-3)8-5-10/h4-5,7-8H,6,9H2,1-3H3,(H,13,15). The Morgan fingerprint density at radius 1 is 1.31 bits per heavy atom. The smallest absolute Gasteiger partial charge is 0.234 e. The second-order valence-corrected chi connectivity index (χ2v) is 4.66. The van der Waals surface area contributed by atoms with Gasteiger partial charge in [0.15, 0.2) is 0 Å². The van der Waals surface area contributed by atoms with Crippen LogP contribution in [0.2, 0.25) is 0 Å². The van der Waals surface area contributed by atoms with Gasteiger partial charge in [0.2, 0.25) is 5.91 Å². The predicted octanol–water partition coefficient (Wildman–Crippen LogP) is 1.93. The van der Waals surface area contributed by atoms with Crippen LogP contribution in [0, 0.1) is 0 Å². The molecule has 0 atom stereocenters. The molecule has 0 aliphatic heterocycles. The molecule has 3 nitrogen and oxygen atoms in total. The molecule has 0 aromatic heterocycles. The fourth-order valence-corrected chi connectivity index (χ4v) is 1.76. The largest absolute Gasteiger partial charge is 0.289 e. The van der Waals surface area contributed by atoms with Gasteiger partial charge in [0, 0.05) is 25.4 Å². The van der Waals surface area contributed by atoms with E-state index >= 15 is 0 Å². The van der Waals surface area contributed by atoms with E-state index in [4.69, 9.17) is 0 Å². The van der Waals surface area contributed by atoms with E-state index in [0.717, 1.165) is 6.42 Å². The van der Waals surface area contributed by atoms with Crippen LogP contribution in [0.3, 0.4) is 0 Å². The fraction of sp³-hybridized carbons (Fsp3) is 0.417. The fourth-order valence-electron chi connectivity index (χ4n) is 1.36. The van der Waals surface area contributed by atoms with Gasteiger partial charge < -0.3 is 0 Å². The summed E-state index contributed by atoms with van der Waals surface area (Å²) < 4.78 is 0. The van der Waals surface area contributed by atoms with E-state index in [-0.39, 0.29) is 5.91 Å². The zero-order valence-corrected chi connectivity index (χ0v) is 10.8. The summed E-state index contributed by atoms with van der Waals surface area (Å²) in [6, 6.07) is 8.33. The zero-order valence-electron chi connectivity index (χ0n) is 9.99. The molecule has 0 aliphatic carbocycles. The average molecular weight is 238 g/mol. The Kier molecular flexibility index (Phi) is 5.35. The number of hydrogen-bond donors (Lipinski definition) is 1. The number of thioether (sulfide) groups is 1. The van der Waals surface area contributed by atoms with Crippen LogP contribution >= 0.6 is 11.8 Å². The molecule has 0 saturated heterocycles. The molecule has 1 rings (SSSR count). The Balaban J connectivity index is 2.39. The number of nitrogens with zero attached hydrogens (tertiary/aromatic N) is 1. The first-order chi connectivity index (χ1) is 7.61. The first kappa shape index (κ1) is 13.1. The Morgan fingerprint density at radius 3 is 2.44 bits per heavy atom. The molecule has 0 bridgehead atoms. The van der Waals surface area contributed by atoms with Crippen molar-refractivity contribution in [2.75, 3.05) is 20.4 Å². The molecule has 0 fully saturated rings. The molecular weight excluding hydrogens is 220 g/mol. The lowest BCUT2D eigenvalue weighted by molar-refractivity contribution is -0.124. The normalized spacial score (nSPS) is 10.5. The van der Waals surface area contributed by atoms with E-state index in [9.17, 15) is 4.79 Å². The Hall–Kier alpha value is -1.00. The van der Waals surface area contributed by atoms with Gasteiger partial charge in [-0.05, 0) is 30.4 Å². The number of hydrazine groups is 1. The lowest BCUT2D eigenvalue weighted by Crippen LogP contribution is -2.36. The van der Waals surface area contributed by atoms with E-state index in [2.05, 4.69) is 35.9 Å². The molecule has 0 unspecified atom stereocenters. The lowest BCUT2D eigenvalue weighted by Gasteiger charge is -2.11. The van der Waals surface area contributed by atoms with Crippen molar-refractivity contribution in [2.24, 2.45) is 0 Å². The molecule has 0 spiro atoms. The second-order valence-electron chi connectivity index (χ2n) is 3.78. The van der Waals surface area contributed by atoms with Gasteiger partial charge in [0.25, 0.3) is 0 Å². The maximum Gasteiger partial charge on any atom is 0.234 e. The van der Waals surface area contributed by atoms with Crippen LogP contribution in [0.4, 0.5) is 0 Å². The highest BCUT2D eigenvalue weighted by atomic mass is 32.2. The molecule has 1 aromatic rings. The molecule has 1 aromatic carbocycles. The lowest BCUT2D eigenvalue weighted by atomic mass is 10.1. The summed E-state index contributed by atoms with van der Waals surface area (Å²) in [5.41, 5.74) is 3.93. The van der Waals surface area contributed by atoms with E-state index in [1.165, 1.54) is 10.5 Å². The van der Waals surface area contributed by atoms with Crippen molar-refractivity contribution >= 4 is 17.7 Å². The van der Waals surface area contributed by atoms with Gasteiger partial charge in [-0.2, -0.15) is 0 Å². The van der Waals surface area contributed by atoms with Gasteiger partial charge in [0.1, 0.15) is 0 Å². The molecule has 16 heavy (non-hydrogen) atoms. The van der Waals surface area contributed by atoms with E-state index in [0.29, 0.717) is 6.42 Å². The summed E-state index contributed by atoms with van der Waals surface area (Å²) in [5.74, 6) is 0.0546. The number of carbonyl (C=O) groups is 1. The van der Waals surface area contributed by atoms with Crippen LogP contribution in [0.25, 0.3) is 0 Å². The predicted molar refractivity (Wildman–Crippen MR) is 68.4 cm³/mol. The third-order valence-electron chi connectivity index (χ3n) is 2.15. The molecule has 0 saturated carbocycles. The van der Waals surface area contributed by atoms with E-state index < -0.39 is 0 Å². The topological polar surface area (TPSA) is 32.3 Å². The Bertz CT molecular complexity index is 335. The third kappa shape index (κ3) is 4.68. The summed E-state index contributed by atoms with van der Waals surface area (Å²) in [7, 11) is 3.62. The van der Waals surface area contributed by atoms with Crippen molar-refractivity contribution in [1.82, 2.24) is 10.4 Å². The summed E-state index contributed by atoms with van der Waals surface area (Å²) in [6.45, 7) is 0. The molecule has 0 aliphatic rings. The summed E-state index contributed by atoms with van der Waals surface area (Å²) >= 11 is 1.72. The number of amides is 1. The highest BCUT2D eigenvalue weighted by Gasteiger charge is 2.02. The monoisotopic (exact) mass is 238 g/mol. The van der Waals surface area contributed by atoms with Gasteiger partial charge in [-0.15, -0.1) is 11.8 Å². The Labute approximate surface area is 101 Å². The minimum Gasteiger partial charge on any atom is -0.289 e. The summed E-state index contributed by atoms with van der Waals surface area (Å²) in [5, 5.41) is 1.67. The van der Waals surface area contributed by atoms with Crippen LogP contribution in [0.1, 0.15) is 12.0 Å². The van der Waals surface area contributed by atoms with Crippen molar-refractivity contribution in [3.05, 3.63) is 29.8 Å². The highest BCUT2D eigenvalue weighted by molar-refractivity contribution is 7.98. The zero-order chi connectivity index (χ0) is 12.0. The van der Waals surface area contributed by atoms with Gasteiger partial charge >= 0.3 is 0 Å². The van der Waals surface area contributed by atoms with Gasteiger partial charge in [-0.25, -0.2) is 5.01 Å². The number of nitrogens with one attached hydrogen (secondary N) is 1. The highest BCUT2D eigenvalue weighted by Crippen LogP contribution is 2.15. The first-order valence-electron chi connectivity index (χ1n) is 5.21. The molecule has 0 heterocycles. The van der Waals surface area contributed by atoms with Crippen LogP contribution in [0.15, 0.2) is 29.2 Å². The molecule has 0 radical (unpaired) electrons. The van der Waals surface area contributed by atoms with Gasteiger partial charge in [-0.3, -0.25) is 10.2 Å². The van der Waals surface area contributed by atoms with Crippen molar-refractivity contribution in [3.8, 4) is 0 Å². The number of carbonyl (C=O) groups excluding carboxylic acids is 1. The van der Waals surface area contributed by atoms with Crippen molar-refractivity contribution in [1.29, 1.82) is 0 Å².